The highest BCUT2D eigenvalue weighted by Gasteiger charge is 2.26. The summed E-state index contributed by atoms with van der Waals surface area (Å²) in [6, 6.07) is 5.50. The Balaban J connectivity index is 3.01. The van der Waals surface area contributed by atoms with E-state index in [-0.39, 0.29) is 19.1 Å². The van der Waals surface area contributed by atoms with Gasteiger partial charge in [-0.1, -0.05) is 25.1 Å². The van der Waals surface area contributed by atoms with E-state index in [1.54, 1.807) is 24.4 Å². The molecule has 10 heteroatoms. The fourth-order valence-corrected chi connectivity index (χ4v) is 3.16. The van der Waals surface area contributed by atoms with E-state index >= 15 is 0 Å². The number of allylic oxidation sites excluding steroid dienone is 3. The molecular weight excluding hydrogens is 446 g/mol. The molecule has 0 spiro atoms. The molecule has 0 aliphatic heterocycles. The summed E-state index contributed by atoms with van der Waals surface area (Å²) < 4.78 is 11.8. The number of benzene rings is 1. The SMILES string of the molecule is CCC=C/C=C/NC(=O)c1cc(COCC(CN)(CN)CN)cc(COCC(CN)(CN)CN)c1. The minimum Gasteiger partial charge on any atom is -0.376 e. The molecule has 0 aliphatic carbocycles. The van der Waals surface area contributed by atoms with Crippen LogP contribution in [0.1, 0.15) is 34.8 Å². The zero-order valence-corrected chi connectivity index (χ0v) is 21.0. The van der Waals surface area contributed by atoms with Crippen molar-refractivity contribution in [3.8, 4) is 0 Å². The molecular formula is C25H45N7O3. The molecule has 13 N–H and O–H groups in total. The minimum absolute atomic E-state index is 0.241. The molecule has 0 unspecified atom stereocenters. The van der Waals surface area contributed by atoms with Crippen molar-refractivity contribution in [2.24, 2.45) is 45.2 Å². The number of hydrogen-bond donors (Lipinski definition) is 7. The summed E-state index contributed by atoms with van der Waals surface area (Å²) in [6.07, 6.45) is 8.16. The normalized spacial score (nSPS) is 12.7. The first kappa shape index (κ1) is 30.9. The summed E-state index contributed by atoms with van der Waals surface area (Å²) in [4.78, 5) is 12.8. The van der Waals surface area contributed by atoms with Gasteiger partial charge < -0.3 is 49.2 Å². The largest absolute Gasteiger partial charge is 0.376 e. The highest BCUT2D eigenvalue weighted by atomic mass is 16.5. The van der Waals surface area contributed by atoms with E-state index in [0.717, 1.165) is 17.5 Å². The van der Waals surface area contributed by atoms with E-state index in [4.69, 9.17) is 43.9 Å². The van der Waals surface area contributed by atoms with Crippen LogP contribution in [0.3, 0.4) is 0 Å². The van der Waals surface area contributed by atoms with Crippen LogP contribution in [-0.2, 0) is 22.7 Å². The summed E-state index contributed by atoms with van der Waals surface area (Å²) in [5, 5.41) is 2.78. The average molecular weight is 492 g/mol. The molecule has 1 amide bonds. The van der Waals surface area contributed by atoms with Crippen LogP contribution >= 0.6 is 0 Å². The van der Waals surface area contributed by atoms with Crippen LogP contribution in [0.5, 0.6) is 0 Å². The quantitative estimate of drug-likeness (QED) is 0.134. The molecule has 1 rings (SSSR count). The van der Waals surface area contributed by atoms with Crippen LogP contribution < -0.4 is 39.7 Å². The van der Waals surface area contributed by atoms with Crippen molar-refractivity contribution in [3.05, 3.63) is 59.3 Å². The molecule has 0 radical (unpaired) electrons. The van der Waals surface area contributed by atoms with Crippen LogP contribution in [0.2, 0.25) is 0 Å². The molecule has 198 valence electrons. The van der Waals surface area contributed by atoms with E-state index in [1.807, 2.05) is 25.1 Å². The maximum absolute atomic E-state index is 12.8. The predicted octanol–water partition coefficient (Wildman–Crippen LogP) is -0.345. The van der Waals surface area contributed by atoms with Crippen LogP contribution in [0, 0.1) is 10.8 Å². The Kier molecular flexibility index (Phi) is 14.6. The van der Waals surface area contributed by atoms with Gasteiger partial charge in [0.05, 0.1) is 26.4 Å². The number of amides is 1. The minimum atomic E-state index is -0.478. The number of ether oxygens (including phenoxy) is 2. The van der Waals surface area contributed by atoms with Crippen molar-refractivity contribution in [3.63, 3.8) is 0 Å². The van der Waals surface area contributed by atoms with E-state index < -0.39 is 10.8 Å². The lowest BCUT2D eigenvalue weighted by molar-refractivity contribution is 0.0431. The fraction of sp³-hybridized carbons (Fsp3) is 0.560. The third kappa shape index (κ3) is 10.2. The van der Waals surface area contributed by atoms with Gasteiger partial charge in [0, 0.05) is 61.9 Å². The highest BCUT2D eigenvalue weighted by Crippen LogP contribution is 2.18. The molecule has 0 bridgehead atoms. The van der Waals surface area contributed by atoms with E-state index in [1.165, 1.54) is 0 Å². The van der Waals surface area contributed by atoms with Gasteiger partial charge in [0.2, 0.25) is 0 Å². The van der Waals surface area contributed by atoms with E-state index in [2.05, 4.69) is 5.32 Å². The van der Waals surface area contributed by atoms with Crippen molar-refractivity contribution in [2.75, 3.05) is 52.5 Å². The molecule has 1 aromatic carbocycles. The molecule has 0 fully saturated rings. The summed E-state index contributed by atoms with van der Waals surface area (Å²) in [7, 11) is 0. The van der Waals surface area contributed by atoms with Crippen molar-refractivity contribution in [1.82, 2.24) is 5.32 Å². The van der Waals surface area contributed by atoms with Gasteiger partial charge >= 0.3 is 0 Å². The second-order valence-corrected chi connectivity index (χ2v) is 8.92. The number of hydrogen-bond acceptors (Lipinski definition) is 9. The van der Waals surface area contributed by atoms with Gasteiger partial charge in [0.1, 0.15) is 0 Å². The van der Waals surface area contributed by atoms with Gasteiger partial charge in [0.15, 0.2) is 0 Å². The maximum Gasteiger partial charge on any atom is 0.255 e. The summed E-state index contributed by atoms with van der Waals surface area (Å²) in [6.45, 7) is 5.16. The smallest absolute Gasteiger partial charge is 0.255 e. The van der Waals surface area contributed by atoms with Crippen molar-refractivity contribution < 1.29 is 14.3 Å². The Bertz CT molecular complexity index is 745. The Morgan fingerprint density at radius 1 is 0.800 bits per heavy atom. The zero-order chi connectivity index (χ0) is 26.2. The van der Waals surface area contributed by atoms with Crippen molar-refractivity contribution in [1.29, 1.82) is 0 Å². The number of nitrogens with one attached hydrogen (secondary N) is 1. The van der Waals surface area contributed by atoms with Gasteiger partial charge in [-0.3, -0.25) is 4.79 Å². The molecule has 0 atom stereocenters. The van der Waals surface area contributed by atoms with Gasteiger partial charge in [-0.2, -0.15) is 0 Å². The Labute approximate surface area is 209 Å². The second kappa shape index (κ2) is 16.5. The molecule has 35 heavy (non-hydrogen) atoms. The Morgan fingerprint density at radius 3 is 1.66 bits per heavy atom. The van der Waals surface area contributed by atoms with Crippen molar-refractivity contribution >= 4 is 5.91 Å². The van der Waals surface area contributed by atoms with Gasteiger partial charge in [0.25, 0.3) is 5.91 Å². The summed E-state index contributed by atoms with van der Waals surface area (Å²) in [5.74, 6) is -0.241. The lowest BCUT2D eigenvalue weighted by Gasteiger charge is -2.29. The van der Waals surface area contributed by atoms with E-state index in [9.17, 15) is 4.79 Å². The van der Waals surface area contributed by atoms with Crippen LogP contribution in [0.25, 0.3) is 0 Å². The number of carbonyl (C=O) groups is 1. The molecule has 1 aromatic rings. The Morgan fingerprint density at radius 2 is 1.26 bits per heavy atom. The fourth-order valence-electron chi connectivity index (χ4n) is 3.16. The first-order valence-electron chi connectivity index (χ1n) is 12.0. The zero-order valence-electron chi connectivity index (χ0n) is 21.0. The monoisotopic (exact) mass is 491 g/mol. The molecule has 10 nitrogen and oxygen atoms in total. The molecule has 0 saturated carbocycles. The van der Waals surface area contributed by atoms with Crippen LogP contribution in [0.4, 0.5) is 0 Å². The first-order chi connectivity index (χ1) is 16.9. The van der Waals surface area contributed by atoms with Crippen LogP contribution in [0.15, 0.2) is 42.6 Å². The third-order valence-electron chi connectivity index (χ3n) is 6.06. The summed E-state index contributed by atoms with van der Waals surface area (Å²) >= 11 is 0. The molecule has 0 saturated heterocycles. The summed E-state index contributed by atoms with van der Waals surface area (Å²) in [5.41, 5.74) is 36.3. The molecule has 0 aliphatic rings. The lowest BCUT2D eigenvalue weighted by atomic mass is 9.89. The highest BCUT2D eigenvalue weighted by molar-refractivity contribution is 5.95. The third-order valence-corrected chi connectivity index (χ3v) is 6.06. The Hall–Kier alpha value is -2.15. The number of nitrogens with two attached hydrogens (primary N) is 6. The number of carbonyl (C=O) groups excluding carboxylic acids is 1. The topological polar surface area (TPSA) is 204 Å². The van der Waals surface area contributed by atoms with Crippen LogP contribution in [-0.4, -0.2) is 58.4 Å². The predicted molar refractivity (Wildman–Crippen MR) is 141 cm³/mol. The maximum atomic E-state index is 12.8. The molecule has 0 aromatic heterocycles. The number of rotatable bonds is 18. The lowest BCUT2D eigenvalue weighted by Crippen LogP contribution is -2.47. The van der Waals surface area contributed by atoms with Crippen molar-refractivity contribution in [2.45, 2.75) is 26.6 Å². The van der Waals surface area contributed by atoms with Gasteiger partial charge in [-0.15, -0.1) is 0 Å². The first-order valence-corrected chi connectivity index (χ1v) is 12.0. The van der Waals surface area contributed by atoms with Gasteiger partial charge in [-0.05, 0) is 35.8 Å². The second-order valence-electron chi connectivity index (χ2n) is 8.92. The standard InChI is InChI=1S/C25H45N7O3/c1-2-3-4-5-6-32-23(33)22-8-20(10-34-18-24(12-26,13-27)14-28)7-21(9-22)11-35-19-25(15-29,16-30)17-31/h3-9H,2,10-19,26-31H2,1H3,(H,32,33)/b4-3?,6-5+. The molecule has 0 heterocycles. The van der Waals surface area contributed by atoms with Gasteiger partial charge in [-0.25, -0.2) is 0 Å². The van der Waals surface area contributed by atoms with E-state index in [0.29, 0.717) is 58.0 Å². The average Bonchev–Trinajstić information content (AvgIpc) is 2.89.